The third-order valence-corrected chi connectivity index (χ3v) is 5.82. The molecular formula is C20H22ClFN4O2S. The Labute approximate surface area is 178 Å². The van der Waals surface area contributed by atoms with E-state index in [1.807, 2.05) is 29.0 Å². The van der Waals surface area contributed by atoms with Crippen molar-refractivity contribution in [3.8, 4) is 5.69 Å². The SMILES string of the molecule is COCCCn1cnnc1SCC(=O)c1cc(C)n(-c2ccc(F)c(Cl)c2)c1C. The highest BCUT2D eigenvalue weighted by Gasteiger charge is 2.18. The van der Waals surface area contributed by atoms with Crippen LogP contribution in [0.15, 0.2) is 35.7 Å². The summed E-state index contributed by atoms with van der Waals surface area (Å²) in [5.41, 5.74) is 3.01. The van der Waals surface area contributed by atoms with Gasteiger partial charge in [0.2, 0.25) is 0 Å². The first-order valence-electron chi connectivity index (χ1n) is 9.09. The number of aromatic nitrogens is 4. The summed E-state index contributed by atoms with van der Waals surface area (Å²) < 4.78 is 22.4. The minimum atomic E-state index is -0.472. The van der Waals surface area contributed by atoms with Gasteiger partial charge in [-0.15, -0.1) is 10.2 Å². The number of ether oxygens (including phenoxy) is 1. The van der Waals surface area contributed by atoms with Crippen LogP contribution in [0.1, 0.15) is 28.2 Å². The predicted octanol–water partition coefficient (Wildman–Crippen LogP) is 4.49. The first-order valence-corrected chi connectivity index (χ1v) is 10.5. The number of hydrogen-bond donors (Lipinski definition) is 0. The van der Waals surface area contributed by atoms with Crippen molar-refractivity contribution in [1.82, 2.24) is 19.3 Å². The summed E-state index contributed by atoms with van der Waals surface area (Å²) in [4.78, 5) is 12.9. The van der Waals surface area contributed by atoms with E-state index in [-0.39, 0.29) is 16.6 Å². The maximum atomic E-state index is 13.5. The third kappa shape index (κ3) is 4.88. The predicted molar refractivity (Wildman–Crippen MR) is 112 cm³/mol. The normalized spacial score (nSPS) is 11.2. The molecule has 0 aliphatic carbocycles. The van der Waals surface area contributed by atoms with Crippen LogP contribution >= 0.6 is 23.4 Å². The number of benzene rings is 1. The highest BCUT2D eigenvalue weighted by atomic mass is 35.5. The van der Waals surface area contributed by atoms with Crippen LogP contribution in [0.4, 0.5) is 4.39 Å². The lowest BCUT2D eigenvalue weighted by atomic mass is 10.2. The van der Waals surface area contributed by atoms with Crippen molar-refractivity contribution < 1.29 is 13.9 Å². The van der Waals surface area contributed by atoms with Crippen molar-refractivity contribution in [3.05, 3.63) is 58.4 Å². The molecule has 0 amide bonds. The van der Waals surface area contributed by atoms with Gasteiger partial charge in [0.15, 0.2) is 10.9 Å². The van der Waals surface area contributed by atoms with E-state index in [0.717, 1.165) is 30.0 Å². The summed E-state index contributed by atoms with van der Waals surface area (Å²) in [5.74, 6) is -0.230. The molecule has 0 saturated carbocycles. The summed E-state index contributed by atoms with van der Waals surface area (Å²) >= 11 is 7.28. The second-order valence-corrected chi connectivity index (χ2v) is 7.93. The molecule has 6 nitrogen and oxygen atoms in total. The molecule has 2 aromatic heterocycles. The van der Waals surface area contributed by atoms with E-state index in [4.69, 9.17) is 16.3 Å². The maximum absolute atomic E-state index is 13.5. The summed E-state index contributed by atoms with van der Waals surface area (Å²) in [6.45, 7) is 5.16. The average Bonchev–Trinajstić information content (AvgIpc) is 3.26. The minimum Gasteiger partial charge on any atom is -0.385 e. The van der Waals surface area contributed by atoms with Gasteiger partial charge in [0.25, 0.3) is 0 Å². The number of halogens is 2. The molecule has 3 rings (SSSR count). The third-order valence-electron chi connectivity index (χ3n) is 4.55. The van der Waals surface area contributed by atoms with Gasteiger partial charge in [0.05, 0.1) is 10.8 Å². The molecule has 0 atom stereocenters. The number of carbonyl (C=O) groups is 1. The van der Waals surface area contributed by atoms with Gasteiger partial charge in [0, 0.05) is 42.9 Å². The molecule has 0 radical (unpaired) electrons. The fourth-order valence-corrected chi connectivity index (χ4v) is 4.16. The van der Waals surface area contributed by atoms with Crippen molar-refractivity contribution in [1.29, 1.82) is 0 Å². The van der Waals surface area contributed by atoms with Crippen LogP contribution in [0.5, 0.6) is 0 Å². The second-order valence-electron chi connectivity index (χ2n) is 6.58. The maximum Gasteiger partial charge on any atom is 0.191 e. The molecule has 0 unspecified atom stereocenters. The van der Waals surface area contributed by atoms with E-state index in [1.165, 1.54) is 17.8 Å². The molecule has 2 heterocycles. The lowest BCUT2D eigenvalue weighted by Crippen LogP contribution is -2.07. The summed E-state index contributed by atoms with van der Waals surface area (Å²) in [5, 5.41) is 8.78. The van der Waals surface area contributed by atoms with Crippen molar-refractivity contribution >= 4 is 29.1 Å². The molecule has 154 valence electrons. The van der Waals surface area contributed by atoms with Gasteiger partial charge in [-0.2, -0.15) is 0 Å². The van der Waals surface area contributed by atoms with E-state index in [1.54, 1.807) is 25.6 Å². The Bertz CT molecular complexity index is 1020. The lowest BCUT2D eigenvalue weighted by Gasteiger charge is -2.10. The summed E-state index contributed by atoms with van der Waals surface area (Å²) in [6.07, 6.45) is 2.50. The van der Waals surface area contributed by atoms with Gasteiger partial charge in [-0.3, -0.25) is 4.79 Å². The standard InChI is InChI=1S/C20H22ClFN4O2S/c1-13-9-16(14(2)26(13)15-5-6-18(22)17(21)10-15)19(27)11-29-20-24-23-12-25(20)7-4-8-28-3/h5-6,9-10,12H,4,7-8,11H2,1-3H3. The van der Waals surface area contributed by atoms with E-state index in [0.29, 0.717) is 17.3 Å². The first-order chi connectivity index (χ1) is 13.9. The van der Waals surface area contributed by atoms with Gasteiger partial charge < -0.3 is 13.9 Å². The van der Waals surface area contributed by atoms with Crippen molar-refractivity contribution in [3.63, 3.8) is 0 Å². The summed E-state index contributed by atoms with van der Waals surface area (Å²) in [7, 11) is 1.66. The fraction of sp³-hybridized carbons (Fsp3) is 0.350. The highest BCUT2D eigenvalue weighted by molar-refractivity contribution is 7.99. The van der Waals surface area contributed by atoms with Crippen LogP contribution < -0.4 is 0 Å². The van der Waals surface area contributed by atoms with E-state index >= 15 is 0 Å². The first kappa shape index (κ1) is 21.5. The van der Waals surface area contributed by atoms with E-state index < -0.39 is 5.82 Å². The van der Waals surface area contributed by atoms with E-state index in [9.17, 15) is 9.18 Å². The zero-order valence-corrected chi connectivity index (χ0v) is 18.1. The molecule has 3 aromatic rings. The number of carbonyl (C=O) groups excluding carboxylic acids is 1. The number of nitrogens with zero attached hydrogens (tertiary/aromatic N) is 4. The molecule has 0 fully saturated rings. The topological polar surface area (TPSA) is 61.9 Å². The van der Waals surface area contributed by atoms with Crippen LogP contribution in [0.3, 0.4) is 0 Å². The Morgan fingerprint density at radius 3 is 2.83 bits per heavy atom. The number of hydrogen-bond acceptors (Lipinski definition) is 5. The number of thioether (sulfide) groups is 1. The molecule has 0 spiro atoms. The number of methoxy groups -OCH3 is 1. The van der Waals surface area contributed by atoms with Gasteiger partial charge in [-0.1, -0.05) is 23.4 Å². The molecule has 0 aliphatic heterocycles. The summed E-state index contributed by atoms with van der Waals surface area (Å²) in [6, 6.07) is 6.37. The fourth-order valence-electron chi connectivity index (χ4n) is 3.16. The highest BCUT2D eigenvalue weighted by Crippen LogP contribution is 2.26. The number of ketones is 1. The Kier molecular flexibility index (Phi) is 7.10. The van der Waals surface area contributed by atoms with Crippen molar-refractivity contribution in [2.45, 2.75) is 32.0 Å². The zero-order valence-electron chi connectivity index (χ0n) is 16.5. The molecule has 1 aromatic carbocycles. The van der Waals surface area contributed by atoms with Gasteiger partial charge in [-0.05, 0) is 44.5 Å². The monoisotopic (exact) mass is 436 g/mol. The van der Waals surface area contributed by atoms with Crippen molar-refractivity contribution in [2.24, 2.45) is 0 Å². The molecule has 0 saturated heterocycles. The lowest BCUT2D eigenvalue weighted by molar-refractivity contribution is 0.102. The van der Waals surface area contributed by atoms with Crippen LogP contribution in [-0.4, -0.2) is 44.6 Å². The van der Waals surface area contributed by atoms with Gasteiger partial charge in [-0.25, -0.2) is 4.39 Å². The van der Waals surface area contributed by atoms with Gasteiger partial charge >= 0.3 is 0 Å². The smallest absolute Gasteiger partial charge is 0.191 e. The van der Waals surface area contributed by atoms with Crippen LogP contribution in [-0.2, 0) is 11.3 Å². The molecular weight excluding hydrogens is 415 g/mol. The van der Waals surface area contributed by atoms with E-state index in [2.05, 4.69) is 10.2 Å². The van der Waals surface area contributed by atoms with Crippen LogP contribution in [0, 0.1) is 19.7 Å². The molecule has 9 heteroatoms. The Morgan fingerprint density at radius 2 is 2.10 bits per heavy atom. The minimum absolute atomic E-state index is 0.00556. The Morgan fingerprint density at radius 1 is 1.31 bits per heavy atom. The average molecular weight is 437 g/mol. The molecule has 0 bridgehead atoms. The number of rotatable bonds is 9. The number of Topliss-reactive ketones (excluding diaryl/α,β-unsaturated/α-hetero) is 1. The van der Waals surface area contributed by atoms with Crippen LogP contribution in [0.25, 0.3) is 5.69 Å². The van der Waals surface area contributed by atoms with Crippen LogP contribution in [0.2, 0.25) is 5.02 Å². The van der Waals surface area contributed by atoms with Gasteiger partial charge in [0.1, 0.15) is 12.1 Å². The second kappa shape index (κ2) is 9.56. The Balaban J connectivity index is 1.74. The zero-order chi connectivity index (χ0) is 21.0. The quantitative estimate of drug-likeness (QED) is 0.281. The largest absolute Gasteiger partial charge is 0.385 e. The Hall–Kier alpha value is -2.16. The number of aryl methyl sites for hydroxylation is 2. The molecule has 29 heavy (non-hydrogen) atoms. The van der Waals surface area contributed by atoms with Crippen molar-refractivity contribution in [2.75, 3.05) is 19.5 Å². The molecule has 0 N–H and O–H groups in total. The molecule has 0 aliphatic rings.